The number of nitrogens with zero attached hydrogens (tertiary/aromatic N) is 1. The third-order valence-corrected chi connectivity index (χ3v) is 11.4. The Morgan fingerprint density at radius 1 is 0.500 bits per heavy atom. The van der Waals surface area contributed by atoms with Crippen molar-refractivity contribution < 1.29 is 18.7 Å². The van der Waals surface area contributed by atoms with Crippen molar-refractivity contribution in [3.05, 3.63) is 60.8 Å². The molecule has 0 bridgehead atoms. The lowest BCUT2D eigenvalue weighted by Crippen LogP contribution is -2.40. The molecule has 316 valence electrons. The predicted octanol–water partition coefficient (Wildman–Crippen LogP) is 14.3. The van der Waals surface area contributed by atoms with Crippen LogP contribution in [0.2, 0.25) is 13.1 Å². The van der Waals surface area contributed by atoms with E-state index >= 15 is 0 Å². The second-order valence-corrected chi connectivity index (χ2v) is 18.9. The molecule has 0 saturated heterocycles. The molecule has 1 unspecified atom stereocenters. The summed E-state index contributed by atoms with van der Waals surface area (Å²) < 4.78 is 19.3. The third-order valence-electron chi connectivity index (χ3n) is 9.71. The highest BCUT2D eigenvalue weighted by Crippen LogP contribution is 2.19. The van der Waals surface area contributed by atoms with E-state index < -0.39 is 8.56 Å². The van der Waals surface area contributed by atoms with Gasteiger partial charge in [-0.1, -0.05) is 152 Å². The normalized spacial score (nSPS) is 13.5. The van der Waals surface area contributed by atoms with Gasteiger partial charge in [0.15, 0.2) is 0 Å². The second kappa shape index (κ2) is 42.9. The van der Waals surface area contributed by atoms with Crippen molar-refractivity contribution in [3.8, 4) is 0 Å². The van der Waals surface area contributed by atoms with Gasteiger partial charge >= 0.3 is 8.56 Å². The zero-order valence-electron chi connectivity index (χ0n) is 36.6. The molecule has 6 heteroatoms. The van der Waals surface area contributed by atoms with Crippen LogP contribution in [0.5, 0.6) is 0 Å². The molecule has 0 spiro atoms. The highest BCUT2D eigenvalue weighted by atomic mass is 28.4. The maximum Gasteiger partial charge on any atom is 0.333 e. The summed E-state index contributed by atoms with van der Waals surface area (Å²) in [5, 5.41) is 9.30. The van der Waals surface area contributed by atoms with Gasteiger partial charge in [-0.05, 0) is 129 Å². The van der Waals surface area contributed by atoms with Crippen molar-refractivity contribution in [2.45, 2.75) is 207 Å². The fraction of sp³-hybridized carbons (Fsp3) is 0.792. The monoisotopic (exact) mass is 774 g/mol. The van der Waals surface area contributed by atoms with Crippen molar-refractivity contribution in [3.63, 3.8) is 0 Å². The zero-order chi connectivity index (χ0) is 39.5. The van der Waals surface area contributed by atoms with Crippen LogP contribution in [0.3, 0.4) is 0 Å². The number of aliphatic hydroxyl groups excluding tert-OH is 1. The molecule has 0 aromatic heterocycles. The number of hydrogen-bond donors (Lipinski definition) is 1. The van der Waals surface area contributed by atoms with E-state index in [1.807, 2.05) is 0 Å². The summed E-state index contributed by atoms with van der Waals surface area (Å²) in [6.45, 7) is 16.4. The molecule has 0 saturated carbocycles. The Hall–Kier alpha value is -1.28. The summed E-state index contributed by atoms with van der Waals surface area (Å²) in [5.41, 5.74) is 0. The Bertz CT molecular complexity index is 899. The molecule has 0 amide bonds. The van der Waals surface area contributed by atoms with Crippen LogP contribution in [0.4, 0.5) is 0 Å². The minimum atomic E-state index is -2.25. The topological polar surface area (TPSA) is 51.2 Å². The average molecular weight is 774 g/mol. The Labute approximate surface area is 338 Å². The molecule has 0 fully saturated rings. The quantitative estimate of drug-likeness (QED) is 0.0290. The summed E-state index contributed by atoms with van der Waals surface area (Å²) in [6, 6.07) is 0. The molecule has 54 heavy (non-hydrogen) atoms. The molecule has 0 radical (unpaired) electrons. The lowest BCUT2D eigenvalue weighted by atomic mass is 10.1. The van der Waals surface area contributed by atoms with Gasteiger partial charge in [-0.3, -0.25) is 0 Å². The van der Waals surface area contributed by atoms with Crippen molar-refractivity contribution in [2.75, 3.05) is 39.5 Å². The molecule has 0 aliphatic carbocycles. The number of ether oxygens (including phenoxy) is 1. The van der Waals surface area contributed by atoms with Gasteiger partial charge in [0.1, 0.15) is 6.29 Å². The molecule has 0 aliphatic rings. The van der Waals surface area contributed by atoms with Crippen LogP contribution < -0.4 is 0 Å². The van der Waals surface area contributed by atoms with Gasteiger partial charge in [-0.15, -0.1) is 0 Å². The van der Waals surface area contributed by atoms with Crippen molar-refractivity contribution in [1.29, 1.82) is 0 Å². The van der Waals surface area contributed by atoms with Gasteiger partial charge < -0.3 is 23.6 Å². The van der Waals surface area contributed by atoms with E-state index in [1.165, 1.54) is 96.3 Å². The van der Waals surface area contributed by atoms with Gasteiger partial charge in [-0.2, -0.15) is 0 Å². The van der Waals surface area contributed by atoms with Gasteiger partial charge in [-0.25, -0.2) is 0 Å². The summed E-state index contributed by atoms with van der Waals surface area (Å²) in [4.78, 5) is 2.63. The fourth-order valence-electron chi connectivity index (χ4n) is 6.40. The summed E-state index contributed by atoms with van der Waals surface area (Å²) in [7, 11) is -2.25. The minimum Gasteiger partial charge on any atom is -0.396 e. The van der Waals surface area contributed by atoms with E-state index in [9.17, 15) is 5.11 Å². The lowest BCUT2D eigenvalue weighted by molar-refractivity contribution is -0.104. The predicted molar refractivity (Wildman–Crippen MR) is 241 cm³/mol. The third kappa shape index (κ3) is 40.4. The van der Waals surface area contributed by atoms with E-state index in [-0.39, 0.29) is 6.29 Å². The van der Waals surface area contributed by atoms with Crippen molar-refractivity contribution in [2.24, 2.45) is 0 Å². The summed E-state index contributed by atoms with van der Waals surface area (Å²) in [5.74, 6) is 0. The molecule has 0 rings (SSSR count). The Kier molecular flexibility index (Phi) is 41.8. The Morgan fingerprint density at radius 3 is 1.54 bits per heavy atom. The summed E-state index contributed by atoms with van der Waals surface area (Å²) in [6.07, 6.45) is 53.2. The second-order valence-electron chi connectivity index (χ2n) is 15.5. The molecular weight excluding hydrogens is 683 g/mol. The van der Waals surface area contributed by atoms with Crippen LogP contribution in [0.25, 0.3) is 0 Å². The van der Waals surface area contributed by atoms with E-state index in [0.717, 1.165) is 103 Å². The standard InChI is InChI=1S/C48H91NO4Si/c1-6-9-12-15-17-18-19-20-21-22-23-24-25-26-27-28-30-35-42-49(44-37-38-45-50)43-36-31-33-40-47-52-54(4,5)53-48(41-34-29-14-11-8-3)51-46-39-32-16-13-10-7-2/h9,12,17-18,20-21,23-24,26-27,48,50H,6-8,10-11,13-16,19,22,25,28-47H2,1-5H3/b12-9-,18-17-,21-20-,24-23-,27-26-. The molecule has 0 aliphatic heterocycles. The van der Waals surface area contributed by atoms with Crippen molar-refractivity contribution in [1.82, 2.24) is 4.90 Å². The first-order chi connectivity index (χ1) is 26.5. The average Bonchev–Trinajstić information content (AvgIpc) is 3.16. The van der Waals surface area contributed by atoms with Gasteiger partial charge in [0.25, 0.3) is 0 Å². The van der Waals surface area contributed by atoms with Gasteiger partial charge in [0.2, 0.25) is 0 Å². The first-order valence-corrected chi connectivity index (χ1v) is 25.8. The molecule has 0 aromatic carbocycles. The molecule has 0 heterocycles. The number of rotatable bonds is 42. The Morgan fingerprint density at radius 2 is 0.963 bits per heavy atom. The molecule has 1 atom stereocenters. The van der Waals surface area contributed by atoms with E-state index in [2.05, 4.69) is 99.5 Å². The first kappa shape index (κ1) is 52.7. The van der Waals surface area contributed by atoms with Crippen LogP contribution >= 0.6 is 0 Å². The Balaban J connectivity index is 4.27. The van der Waals surface area contributed by atoms with Crippen LogP contribution in [-0.2, 0) is 13.6 Å². The summed E-state index contributed by atoms with van der Waals surface area (Å²) >= 11 is 0. The van der Waals surface area contributed by atoms with E-state index in [4.69, 9.17) is 13.6 Å². The maximum atomic E-state index is 9.30. The highest BCUT2D eigenvalue weighted by Gasteiger charge is 2.29. The number of allylic oxidation sites excluding steroid dienone is 10. The van der Waals surface area contributed by atoms with Gasteiger partial charge in [0, 0.05) is 19.8 Å². The van der Waals surface area contributed by atoms with E-state index in [1.54, 1.807) is 0 Å². The van der Waals surface area contributed by atoms with Crippen LogP contribution in [0.1, 0.15) is 188 Å². The molecule has 5 nitrogen and oxygen atoms in total. The molecular formula is C48H91NO4Si. The number of unbranched alkanes of at least 4 members (excludes halogenated alkanes) is 15. The highest BCUT2D eigenvalue weighted by molar-refractivity contribution is 6.64. The number of hydrogen-bond acceptors (Lipinski definition) is 5. The molecule has 1 N–H and O–H groups in total. The van der Waals surface area contributed by atoms with Crippen molar-refractivity contribution >= 4 is 8.56 Å². The van der Waals surface area contributed by atoms with Crippen LogP contribution in [0.15, 0.2) is 60.8 Å². The maximum absolute atomic E-state index is 9.30. The van der Waals surface area contributed by atoms with Crippen LogP contribution in [0, 0.1) is 0 Å². The van der Waals surface area contributed by atoms with E-state index in [0.29, 0.717) is 6.61 Å². The SMILES string of the molecule is CC/C=C\C/C=C\C/C=C\C/C=C\C/C=C\CCCCN(CCCCO)CCCCCCO[Si](C)(C)OC(CCCCCCC)OCCCCCCCC. The van der Waals surface area contributed by atoms with Crippen LogP contribution in [-0.4, -0.2) is 64.3 Å². The largest absolute Gasteiger partial charge is 0.396 e. The first-order valence-electron chi connectivity index (χ1n) is 23.0. The zero-order valence-corrected chi connectivity index (χ0v) is 37.6. The minimum absolute atomic E-state index is 0.118. The fourth-order valence-corrected chi connectivity index (χ4v) is 7.92. The van der Waals surface area contributed by atoms with Gasteiger partial charge in [0.05, 0.1) is 0 Å². The lowest BCUT2D eigenvalue weighted by Gasteiger charge is -2.29. The number of aliphatic hydroxyl groups is 1. The smallest absolute Gasteiger partial charge is 0.333 e. The molecule has 0 aromatic rings.